The SMILES string of the molecule is [B]CCc1cc(O)cc2[nH]c(=O)sc12. The Kier molecular flexibility index (Phi) is 2.33. The Bertz CT molecular complexity index is 517. The Morgan fingerprint density at radius 2 is 2.29 bits per heavy atom. The lowest BCUT2D eigenvalue weighted by atomic mass is 9.97. The maximum Gasteiger partial charge on any atom is 0.305 e. The average Bonchev–Trinajstić information content (AvgIpc) is 2.45. The van der Waals surface area contributed by atoms with Crippen LogP contribution in [0.5, 0.6) is 5.75 Å². The molecule has 3 nitrogen and oxygen atoms in total. The van der Waals surface area contributed by atoms with Crippen molar-refractivity contribution >= 4 is 29.4 Å². The maximum atomic E-state index is 11.1. The normalized spacial score (nSPS) is 10.9. The molecule has 0 fully saturated rings. The van der Waals surface area contributed by atoms with Gasteiger partial charge in [-0.05, 0) is 18.1 Å². The van der Waals surface area contributed by atoms with Crippen LogP contribution < -0.4 is 4.87 Å². The number of aromatic amines is 1. The first-order valence-corrected chi connectivity index (χ1v) is 5.07. The summed E-state index contributed by atoms with van der Waals surface area (Å²) in [5, 5.41) is 9.39. The van der Waals surface area contributed by atoms with E-state index in [1.165, 1.54) is 0 Å². The standard InChI is InChI=1S/C9H8BNO2S/c10-2-1-5-3-6(12)4-7-8(5)14-9(13)11-7/h3-4,12H,1-2H2,(H,11,13). The zero-order valence-electron chi connectivity index (χ0n) is 7.41. The van der Waals surface area contributed by atoms with Gasteiger partial charge in [0.2, 0.25) is 0 Å². The van der Waals surface area contributed by atoms with Crippen LogP contribution in [0.15, 0.2) is 16.9 Å². The van der Waals surface area contributed by atoms with Crippen LogP contribution in [-0.2, 0) is 6.42 Å². The minimum atomic E-state index is -0.108. The fourth-order valence-electron chi connectivity index (χ4n) is 1.45. The van der Waals surface area contributed by atoms with Gasteiger partial charge in [0, 0.05) is 6.07 Å². The number of benzene rings is 1. The van der Waals surface area contributed by atoms with E-state index in [0.29, 0.717) is 18.3 Å². The quantitative estimate of drug-likeness (QED) is 0.728. The highest BCUT2D eigenvalue weighted by molar-refractivity contribution is 7.16. The van der Waals surface area contributed by atoms with Crippen LogP contribution in [0.4, 0.5) is 0 Å². The van der Waals surface area contributed by atoms with Crippen molar-refractivity contribution in [1.82, 2.24) is 4.98 Å². The van der Waals surface area contributed by atoms with Gasteiger partial charge in [0.1, 0.15) is 5.75 Å². The second-order valence-electron chi connectivity index (χ2n) is 3.03. The first-order valence-electron chi connectivity index (χ1n) is 4.25. The van der Waals surface area contributed by atoms with Gasteiger partial charge in [-0.3, -0.25) is 4.79 Å². The van der Waals surface area contributed by atoms with Crippen molar-refractivity contribution in [2.75, 3.05) is 0 Å². The van der Waals surface area contributed by atoms with Gasteiger partial charge < -0.3 is 10.1 Å². The van der Waals surface area contributed by atoms with E-state index < -0.39 is 0 Å². The van der Waals surface area contributed by atoms with Crippen molar-refractivity contribution < 1.29 is 5.11 Å². The number of hydrogen-bond acceptors (Lipinski definition) is 3. The van der Waals surface area contributed by atoms with Gasteiger partial charge in [0.05, 0.1) is 18.1 Å². The Morgan fingerprint density at radius 3 is 3.00 bits per heavy atom. The van der Waals surface area contributed by atoms with Crippen molar-refractivity contribution in [3.05, 3.63) is 27.4 Å². The summed E-state index contributed by atoms with van der Waals surface area (Å²) in [7, 11) is 5.44. The third kappa shape index (κ3) is 1.55. The zero-order chi connectivity index (χ0) is 10.1. The number of nitrogens with one attached hydrogen (secondary N) is 1. The number of hydrogen-bond donors (Lipinski definition) is 2. The van der Waals surface area contributed by atoms with Gasteiger partial charge in [-0.1, -0.05) is 17.7 Å². The summed E-state index contributed by atoms with van der Waals surface area (Å²) in [5.74, 6) is 0.162. The van der Waals surface area contributed by atoms with Gasteiger partial charge in [0.15, 0.2) is 0 Å². The molecule has 2 aromatic rings. The van der Waals surface area contributed by atoms with E-state index in [4.69, 9.17) is 7.85 Å². The van der Waals surface area contributed by atoms with E-state index in [9.17, 15) is 9.90 Å². The number of aromatic hydroxyl groups is 1. The van der Waals surface area contributed by atoms with Gasteiger partial charge in [0.25, 0.3) is 0 Å². The van der Waals surface area contributed by atoms with Crippen molar-refractivity contribution in [3.8, 4) is 5.75 Å². The highest BCUT2D eigenvalue weighted by atomic mass is 32.1. The summed E-state index contributed by atoms with van der Waals surface area (Å²) in [6.45, 7) is 0. The Hall–Kier alpha value is -1.23. The number of thiazole rings is 1. The summed E-state index contributed by atoms with van der Waals surface area (Å²) in [5.41, 5.74) is 1.61. The Balaban J connectivity index is 2.72. The number of fused-ring (bicyclic) bond motifs is 1. The molecular formula is C9H8BNO2S. The molecule has 0 aliphatic heterocycles. The molecule has 1 aromatic carbocycles. The highest BCUT2D eigenvalue weighted by Crippen LogP contribution is 2.26. The summed E-state index contributed by atoms with van der Waals surface area (Å²) in [4.78, 5) is 13.7. The maximum absolute atomic E-state index is 11.1. The van der Waals surface area contributed by atoms with E-state index in [0.717, 1.165) is 21.6 Å². The molecule has 14 heavy (non-hydrogen) atoms. The molecule has 0 aliphatic carbocycles. The zero-order valence-corrected chi connectivity index (χ0v) is 8.23. The van der Waals surface area contributed by atoms with Crippen LogP contribution in [0, 0.1) is 0 Å². The van der Waals surface area contributed by atoms with Gasteiger partial charge in [-0.15, -0.1) is 0 Å². The molecular weight excluding hydrogens is 197 g/mol. The molecule has 0 spiro atoms. The van der Waals surface area contributed by atoms with Crippen LogP contribution in [0.25, 0.3) is 10.2 Å². The lowest BCUT2D eigenvalue weighted by Crippen LogP contribution is -1.89. The summed E-state index contributed by atoms with van der Waals surface area (Å²) < 4.78 is 0.887. The molecule has 0 atom stereocenters. The van der Waals surface area contributed by atoms with E-state index in [2.05, 4.69) is 4.98 Å². The predicted octanol–water partition coefficient (Wildman–Crippen LogP) is 1.42. The number of phenols is 1. The summed E-state index contributed by atoms with van der Waals surface area (Å²) >= 11 is 1.15. The van der Waals surface area contributed by atoms with Crippen LogP contribution in [0.2, 0.25) is 6.32 Å². The Labute approximate surface area is 85.8 Å². The van der Waals surface area contributed by atoms with E-state index in [1.54, 1.807) is 12.1 Å². The summed E-state index contributed by atoms with van der Waals surface area (Å²) in [6.07, 6.45) is 1.17. The minimum Gasteiger partial charge on any atom is -0.508 e. The fraction of sp³-hybridized carbons (Fsp3) is 0.222. The van der Waals surface area contributed by atoms with Crippen LogP contribution in [0.1, 0.15) is 5.56 Å². The largest absolute Gasteiger partial charge is 0.508 e. The molecule has 1 heterocycles. The highest BCUT2D eigenvalue weighted by Gasteiger charge is 2.06. The van der Waals surface area contributed by atoms with Crippen LogP contribution in [0.3, 0.4) is 0 Å². The molecule has 0 aliphatic rings. The molecule has 0 unspecified atom stereocenters. The summed E-state index contributed by atoms with van der Waals surface area (Å²) in [6, 6.07) is 3.20. The predicted molar refractivity (Wildman–Crippen MR) is 58.4 cm³/mol. The van der Waals surface area contributed by atoms with E-state index in [-0.39, 0.29) is 10.6 Å². The number of aromatic nitrogens is 1. The molecule has 2 rings (SSSR count). The van der Waals surface area contributed by atoms with Crippen molar-refractivity contribution in [3.63, 3.8) is 0 Å². The second-order valence-corrected chi connectivity index (χ2v) is 4.02. The van der Waals surface area contributed by atoms with Gasteiger partial charge in [-0.25, -0.2) is 0 Å². The molecule has 0 saturated heterocycles. The smallest absolute Gasteiger partial charge is 0.305 e. The molecule has 0 bridgehead atoms. The molecule has 1 aromatic heterocycles. The number of H-pyrrole nitrogens is 1. The molecule has 5 heteroatoms. The monoisotopic (exact) mass is 205 g/mol. The lowest BCUT2D eigenvalue weighted by molar-refractivity contribution is 0.475. The first-order chi connectivity index (χ1) is 6.70. The average molecular weight is 205 g/mol. The topological polar surface area (TPSA) is 53.1 Å². The van der Waals surface area contributed by atoms with Gasteiger partial charge in [-0.2, -0.15) is 0 Å². The number of phenolic OH excluding ortho intramolecular Hbond substituents is 1. The van der Waals surface area contributed by atoms with Crippen LogP contribution in [-0.4, -0.2) is 17.9 Å². The molecule has 0 amide bonds. The third-order valence-electron chi connectivity index (χ3n) is 2.00. The number of rotatable bonds is 2. The minimum absolute atomic E-state index is 0.108. The fourth-order valence-corrected chi connectivity index (χ4v) is 2.31. The molecule has 2 radical (unpaired) electrons. The lowest BCUT2D eigenvalue weighted by Gasteiger charge is -2.01. The van der Waals surface area contributed by atoms with Crippen LogP contribution >= 0.6 is 11.3 Å². The van der Waals surface area contributed by atoms with E-state index in [1.807, 2.05) is 0 Å². The van der Waals surface area contributed by atoms with E-state index >= 15 is 0 Å². The second kappa shape index (κ2) is 3.50. The third-order valence-corrected chi connectivity index (χ3v) is 2.97. The molecule has 2 N–H and O–H groups in total. The van der Waals surface area contributed by atoms with Crippen molar-refractivity contribution in [2.24, 2.45) is 0 Å². The Morgan fingerprint density at radius 1 is 1.50 bits per heavy atom. The van der Waals surface area contributed by atoms with Crippen molar-refractivity contribution in [2.45, 2.75) is 12.7 Å². The number of aryl methyl sites for hydroxylation is 1. The van der Waals surface area contributed by atoms with Gasteiger partial charge >= 0.3 is 4.87 Å². The molecule has 70 valence electrons. The van der Waals surface area contributed by atoms with Crippen molar-refractivity contribution in [1.29, 1.82) is 0 Å². The first kappa shape index (κ1) is 9.33. The molecule has 0 saturated carbocycles.